The van der Waals surface area contributed by atoms with Crippen molar-refractivity contribution in [1.82, 2.24) is 10.3 Å². The third kappa shape index (κ3) is 8.78. The number of carbonyl (C=O) groups excluding carboxylic acids is 2. The third-order valence-electron chi connectivity index (χ3n) is 5.56. The Morgan fingerprint density at radius 1 is 1.22 bits per heavy atom. The average Bonchev–Trinajstić information content (AvgIpc) is 2.80. The number of aryl methyl sites for hydroxylation is 1. The summed E-state index contributed by atoms with van der Waals surface area (Å²) in [4.78, 5) is 36.7. The van der Waals surface area contributed by atoms with Gasteiger partial charge in [-0.05, 0) is 51.0 Å². The highest BCUT2D eigenvalue weighted by atomic mass is 16.5. The molecule has 0 saturated heterocycles. The molecule has 8 heteroatoms. The molecule has 8 nitrogen and oxygen atoms in total. The van der Waals surface area contributed by atoms with Crippen molar-refractivity contribution < 1.29 is 24.2 Å². The molecule has 1 aliphatic rings. The van der Waals surface area contributed by atoms with Gasteiger partial charge in [0.25, 0.3) is 5.91 Å². The first kappa shape index (κ1) is 25.5. The van der Waals surface area contributed by atoms with Crippen LogP contribution in [0.5, 0.6) is 0 Å². The van der Waals surface area contributed by atoms with Crippen LogP contribution < -0.4 is 5.32 Å². The van der Waals surface area contributed by atoms with E-state index in [-0.39, 0.29) is 12.5 Å². The smallest absolute Gasteiger partial charge is 0.325 e. The predicted molar refractivity (Wildman–Crippen MR) is 122 cm³/mol. The van der Waals surface area contributed by atoms with Gasteiger partial charge in [-0.2, -0.15) is 5.10 Å². The van der Waals surface area contributed by atoms with Gasteiger partial charge >= 0.3 is 11.9 Å². The summed E-state index contributed by atoms with van der Waals surface area (Å²) in [6, 6.07) is 8.25. The van der Waals surface area contributed by atoms with Gasteiger partial charge in [-0.15, -0.1) is 0 Å². The number of rotatable bonds is 12. The van der Waals surface area contributed by atoms with Crippen molar-refractivity contribution in [3.05, 3.63) is 35.9 Å². The molecule has 1 aromatic carbocycles. The van der Waals surface area contributed by atoms with Gasteiger partial charge in [0.2, 0.25) is 0 Å². The van der Waals surface area contributed by atoms with E-state index in [9.17, 15) is 19.5 Å². The number of ether oxygens (including phenoxy) is 1. The van der Waals surface area contributed by atoms with E-state index < -0.39 is 36.5 Å². The Bertz CT molecular complexity index is 762. The Morgan fingerprint density at radius 2 is 1.91 bits per heavy atom. The lowest BCUT2D eigenvalue weighted by Gasteiger charge is -2.25. The van der Waals surface area contributed by atoms with Crippen molar-refractivity contribution in [3.8, 4) is 0 Å². The largest absolute Gasteiger partial charge is 0.480 e. The molecular formula is C24H35N3O5. The zero-order valence-corrected chi connectivity index (χ0v) is 19.0. The number of benzene rings is 1. The molecule has 0 radical (unpaired) electrons. The number of hydrazone groups is 1. The highest BCUT2D eigenvalue weighted by molar-refractivity contribution is 5.86. The summed E-state index contributed by atoms with van der Waals surface area (Å²) in [5.41, 5.74) is 1.08. The number of carbonyl (C=O) groups is 3. The number of hydrogen-bond donors (Lipinski definition) is 2. The SMILES string of the molecule is CCOC(=O)C(CCc1ccccc1)N[C@@H](C)C(=O)N(CC(=O)O)N=CC1CCCCC1. The van der Waals surface area contributed by atoms with E-state index in [0.29, 0.717) is 12.8 Å². The molecule has 0 aliphatic heterocycles. The lowest BCUT2D eigenvalue weighted by Crippen LogP contribution is -2.51. The minimum Gasteiger partial charge on any atom is -0.480 e. The van der Waals surface area contributed by atoms with E-state index in [0.717, 1.165) is 36.3 Å². The molecule has 1 fully saturated rings. The standard InChI is InChI=1S/C24H35N3O5/c1-3-32-24(31)21(15-14-19-10-6-4-7-11-19)26-18(2)23(30)27(17-22(28)29)25-16-20-12-8-5-9-13-20/h4,6-7,10-11,16,18,20-21,26H,3,5,8-9,12-15,17H2,1-2H3,(H,28,29)/t18-,21?/m0/s1. The number of aliphatic carboxylic acids is 1. The van der Waals surface area contributed by atoms with Crippen molar-refractivity contribution in [2.45, 2.75) is 70.9 Å². The average molecular weight is 446 g/mol. The summed E-state index contributed by atoms with van der Waals surface area (Å²) in [5.74, 6) is -1.81. The van der Waals surface area contributed by atoms with Crippen LogP contribution in [0, 0.1) is 5.92 Å². The summed E-state index contributed by atoms with van der Waals surface area (Å²) in [6.07, 6.45) is 8.20. The summed E-state index contributed by atoms with van der Waals surface area (Å²) in [5, 5.41) is 17.5. The van der Waals surface area contributed by atoms with Crippen LogP contribution in [0.25, 0.3) is 0 Å². The molecule has 0 bridgehead atoms. The topological polar surface area (TPSA) is 108 Å². The highest BCUT2D eigenvalue weighted by Crippen LogP contribution is 2.22. The number of hydrogen-bond acceptors (Lipinski definition) is 6. The summed E-state index contributed by atoms with van der Waals surface area (Å²) in [7, 11) is 0. The molecule has 32 heavy (non-hydrogen) atoms. The number of amides is 1. The van der Waals surface area contributed by atoms with Crippen molar-refractivity contribution in [3.63, 3.8) is 0 Å². The van der Waals surface area contributed by atoms with Crippen molar-refractivity contribution in [2.24, 2.45) is 11.0 Å². The van der Waals surface area contributed by atoms with Gasteiger partial charge in [-0.25, -0.2) is 5.01 Å². The van der Waals surface area contributed by atoms with E-state index in [1.54, 1.807) is 20.1 Å². The molecule has 0 aromatic heterocycles. The molecular weight excluding hydrogens is 410 g/mol. The van der Waals surface area contributed by atoms with E-state index in [4.69, 9.17) is 4.74 Å². The fourth-order valence-electron chi connectivity index (χ4n) is 3.83. The fourth-order valence-corrected chi connectivity index (χ4v) is 3.83. The molecule has 0 spiro atoms. The molecule has 176 valence electrons. The summed E-state index contributed by atoms with van der Waals surface area (Å²) < 4.78 is 5.17. The lowest BCUT2D eigenvalue weighted by molar-refractivity contribution is -0.148. The number of nitrogens with zero attached hydrogens (tertiary/aromatic N) is 2. The van der Waals surface area contributed by atoms with Crippen LogP contribution in [-0.2, 0) is 25.5 Å². The number of esters is 1. The van der Waals surface area contributed by atoms with Gasteiger partial charge in [-0.1, -0.05) is 49.6 Å². The van der Waals surface area contributed by atoms with Gasteiger partial charge in [0.05, 0.1) is 12.6 Å². The molecule has 1 aliphatic carbocycles. The van der Waals surface area contributed by atoms with Gasteiger partial charge in [0.1, 0.15) is 12.6 Å². The molecule has 1 aromatic rings. The minimum atomic E-state index is -1.14. The van der Waals surface area contributed by atoms with E-state index in [2.05, 4.69) is 10.4 Å². The first-order valence-corrected chi connectivity index (χ1v) is 11.4. The second-order valence-corrected chi connectivity index (χ2v) is 8.17. The first-order chi connectivity index (χ1) is 15.4. The Hall–Kier alpha value is -2.74. The molecule has 1 amide bonds. The predicted octanol–water partition coefficient (Wildman–Crippen LogP) is 3.01. The van der Waals surface area contributed by atoms with Crippen LogP contribution >= 0.6 is 0 Å². The molecule has 1 saturated carbocycles. The fraction of sp³-hybridized carbons (Fsp3) is 0.583. The summed E-state index contributed by atoms with van der Waals surface area (Å²) >= 11 is 0. The second-order valence-electron chi connectivity index (χ2n) is 8.17. The third-order valence-corrected chi connectivity index (χ3v) is 5.56. The Kier molecular flexibility index (Phi) is 10.9. The monoisotopic (exact) mass is 445 g/mol. The van der Waals surface area contributed by atoms with Gasteiger partial charge in [0, 0.05) is 6.21 Å². The minimum absolute atomic E-state index is 0.238. The second kappa shape index (κ2) is 13.6. The zero-order valence-electron chi connectivity index (χ0n) is 19.0. The Labute approximate surface area is 190 Å². The van der Waals surface area contributed by atoms with Crippen LogP contribution in [0.2, 0.25) is 0 Å². The van der Waals surface area contributed by atoms with E-state index in [1.807, 2.05) is 30.3 Å². The molecule has 1 unspecified atom stereocenters. The first-order valence-electron chi connectivity index (χ1n) is 11.4. The molecule has 0 heterocycles. The van der Waals surface area contributed by atoms with E-state index in [1.165, 1.54) is 6.42 Å². The van der Waals surface area contributed by atoms with Crippen molar-refractivity contribution >= 4 is 24.1 Å². The lowest BCUT2D eigenvalue weighted by atomic mass is 9.90. The van der Waals surface area contributed by atoms with Gasteiger partial charge in [-0.3, -0.25) is 19.7 Å². The van der Waals surface area contributed by atoms with Crippen LogP contribution in [-0.4, -0.2) is 59.4 Å². The van der Waals surface area contributed by atoms with Gasteiger partial charge in [0.15, 0.2) is 0 Å². The number of carboxylic acids is 1. The molecule has 2 N–H and O–H groups in total. The molecule has 2 rings (SSSR count). The normalized spacial score (nSPS) is 16.4. The number of carboxylic acid groups (broad SMARTS) is 1. The maximum atomic E-state index is 13.0. The van der Waals surface area contributed by atoms with Crippen LogP contribution in [0.15, 0.2) is 35.4 Å². The van der Waals surface area contributed by atoms with Crippen LogP contribution in [0.3, 0.4) is 0 Å². The number of nitrogens with one attached hydrogen (secondary N) is 1. The molecule has 2 atom stereocenters. The van der Waals surface area contributed by atoms with Gasteiger partial charge < -0.3 is 9.84 Å². The maximum absolute atomic E-state index is 13.0. The van der Waals surface area contributed by atoms with Crippen LogP contribution in [0.4, 0.5) is 0 Å². The summed E-state index contributed by atoms with van der Waals surface area (Å²) in [6.45, 7) is 3.06. The van der Waals surface area contributed by atoms with Crippen molar-refractivity contribution in [2.75, 3.05) is 13.2 Å². The van der Waals surface area contributed by atoms with E-state index >= 15 is 0 Å². The van der Waals surface area contributed by atoms with Crippen molar-refractivity contribution in [1.29, 1.82) is 0 Å². The zero-order chi connectivity index (χ0) is 23.3. The van der Waals surface area contributed by atoms with Crippen LogP contribution in [0.1, 0.15) is 57.9 Å². The highest BCUT2D eigenvalue weighted by Gasteiger charge is 2.28. The maximum Gasteiger partial charge on any atom is 0.325 e. The quantitative estimate of drug-likeness (QED) is 0.291. The Balaban J connectivity index is 2.04. The Morgan fingerprint density at radius 3 is 2.53 bits per heavy atom.